The van der Waals surface area contributed by atoms with Gasteiger partial charge in [-0.3, -0.25) is 0 Å². The van der Waals surface area contributed by atoms with E-state index in [0.29, 0.717) is 11.0 Å². The van der Waals surface area contributed by atoms with Crippen LogP contribution in [0.5, 0.6) is 5.88 Å². The molecule has 0 radical (unpaired) electrons. The van der Waals surface area contributed by atoms with E-state index < -0.39 is 0 Å². The average molecular weight is 215 g/mol. The van der Waals surface area contributed by atoms with Crippen molar-refractivity contribution in [3.63, 3.8) is 0 Å². The van der Waals surface area contributed by atoms with Crippen LogP contribution >= 0.6 is 11.6 Å². The molecule has 0 N–H and O–H groups in total. The largest absolute Gasteiger partial charge is 0.475 e. The molecule has 0 amide bonds. The van der Waals surface area contributed by atoms with Gasteiger partial charge in [0.15, 0.2) is 0 Å². The summed E-state index contributed by atoms with van der Waals surface area (Å²) in [5.41, 5.74) is 0. The summed E-state index contributed by atoms with van der Waals surface area (Å²) in [5.74, 6) is 1.28. The molecule has 1 aromatic rings. The van der Waals surface area contributed by atoms with Crippen molar-refractivity contribution in [2.45, 2.75) is 39.7 Å². The molecule has 1 aromatic heterocycles. The zero-order valence-electron chi connectivity index (χ0n) is 8.75. The van der Waals surface area contributed by atoms with Crippen LogP contribution in [0.2, 0.25) is 5.15 Å². The highest BCUT2D eigenvalue weighted by molar-refractivity contribution is 6.29. The monoisotopic (exact) mass is 214 g/mol. The Morgan fingerprint density at radius 1 is 1.43 bits per heavy atom. The van der Waals surface area contributed by atoms with E-state index in [1.165, 1.54) is 0 Å². The second-order valence-electron chi connectivity index (χ2n) is 3.14. The maximum Gasteiger partial charge on any atom is 0.218 e. The smallest absolute Gasteiger partial charge is 0.218 e. The van der Waals surface area contributed by atoms with Crippen LogP contribution in [0.1, 0.15) is 33.0 Å². The predicted molar refractivity (Wildman–Crippen MR) is 56.8 cm³/mol. The number of aryl methyl sites for hydroxylation is 1. The molecule has 0 saturated heterocycles. The van der Waals surface area contributed by atoms with E-state index >= 15 is 0 Å². The molecule has 0 aromatic carbocycles. The molecule has 0 spiro atoms. The number of aromatic nitrogens is 2. The lowest BCUT2D eigenvalue weighted by atomic mass is 10.3. The zero-order chi connectivity index (χ0) is 10.6. The van der Waals surface area contributed by atoms with E-state index in [-0.39, 0.29) is 6.10 Å². The van der Waals surface area contributed by atoms with E-state index in [0.717, 1.165) is 18.7 Å². The second kappa shape index (κ2) is 5.15. The van der Waals surface area contributed by atoms with Crippen LogP contribution in [-0.4, -0.2) is 16.1 Å². The molecule has 78 valence electrons. The SMILES string of the molecule is CCc1nc(Cl)cc(OC(C)CC)n1. The maximum atomic E-state index is 5.82. The van der Waals surface area contributed by atoms with Gasteiger partial charge in [0.05, 0.1) is 6.10 Å². The highest BCUT2D eigenvalue weighted by atomic mass is 35.5. The first kappa shape index (κ1) is 11.2. The van der Waals surface area contributed by atoms with Crippen molar-refractivity contribution in [2.24, 2.45) is 0 Å². The van der Waals surface area contributed by atoms with Crippen LogP contribution < -0.4 is 4.74 Å². The molecule has 14 heavy (non-hydrogen) atoms. The summed E-state index contributed by atoms with van der Waals surface area (Å²) in [6, 6.07) is 1.65. The Labute approximate surface area is 89.5 Å². The first-order valence-corrected chi connectivity index (χ1v) is 5.23. The predicted octanol–water partition coefficient (Wildman–Crippen LogP) is 2.87. The van der Waals surface area contributed by atoms with Gasteiger partial charge in [-0.15, -0.1) is 0 Å². The summed E-state index contributed by atoms with van der Waals surface area (Å²) in [6.45, 7) is 6.05. The first-order valence-electron chi connectivity index (χ1n) is 4.85. The summed E-state index contributed by atoms with van der Waals surface area (Å²) >= 11 is 5.82. The van der Waals surface area contributed by atoms with Crippen LogP contribution in [0.3, 0.4) is 0 Å². The molecular weight excluding hydrogens is 200 g/mol. The van der Waals surface area contributed by atoms with Gasteiger partial charge >= 0.3 is 0 Å². The quantitative estimate of drug-likeness (QED) is 0.723. The number of halogens is 1. The van der Waals surface area contributed by atoms with E-state index in [9.17, 15) is 0 Å². The molecule has 0 aliphatic carbocycles. The Hall–Kier alpha value is -0.830. The van der Waals surface area contributed by atoms with E-state index in [4.69, 9.17) is 16.3 Å². The van der Waals surface area contributed by atoms with Crippen LogP contribution in [0.4, 0.5) is 0 Å². The maximum absolute atomic E-state index is 5.82. The number of rotatable bonds is 4. The van der Waals surface area contributed by atoms with Gasteiger partial charge in [0.1, 0.15) is 11.0 Å². The number of hydrogen-bond donors (Lipinski definition) is 0. The standard InChI is InChI=1S/C10H15ClN2O/c1-4-7(3)14-10-6-8(11)12-9(5-2)13-10/h6-7H,4-5H2,1-3H3. The third kappa shape index (κ3) is 3.14. The van der Waals surface area contributed by atoms with Crippen molar-refractivity contribution in [2.75, 3.05) is 0 Å². The van der Waals surface area contributed by atoms with Crippen molar-refractivity contribution < 1.29 is 4.74 Å². The lowest BCUT2D eigenvalue weighted by Crippen LogP contribution is -2.11. The fourth-order valence-corrected chi connectivity index (χ4v) is 1.14. The van der Waals surface area contributed by atoms with Gasteiger partial charge in [0, 0.05) is 12.5 Å². The fraction of sp³-hybridized carbons (Fsp3) is 0.600. The summed E-state index contributed by atoms with van der Waals surface area (Å²) in [7, 11) is 0. The van der Waals surface area contributed by atoms with Gasteiger partial charge in [-0.1, -0.05) is 25.4 Å². The Bertz CT molecular complexity index is 304. The van der Waals surface area contributed by atoms with Crippen LogP contribution in [0, 0.1) is 0 Å². The molecule has 0 bridgehead atoms. The van der Waals surface area contributed by atoms with Gasteiger partial charge in [-0.2, -0.15) is 4.98 Å². The normalized spacial score (nSPS) is 12.6. The van der Waals surface area contributed by atoms with E-state index in [2.05, 4.69) is 16.9 Å². The highest BCUT2D eigenvalue weighted by Gasteiger charge is 2.05. The molecule has 0 saturated carbocycles. The van der Waals surface area contributed by atoms with Crippen molar-refractivity contribution in [1.82, 2.24) is 9.97 Å². The van der Waals surface area contributed by atoms with Gasteiger partial charge in [0.25, 0.3) is 0 Å². The third-order valence-electron chi connectivity index (χ3n) is 1.93. The molecule has 0 aliphatic rings. The molecule has 0 fully saturated rings. The van der Waals surface area contributed by atoms with Gasteiger partial charge in [0.2, 0.25) is 5.88 Å². The molecule has 3 nitrogen and oxygen atoms in total. The minimum Gasteiger partial charge on any atom is -0.475 e. The van der Waals surface area contributed by atoms with Crippen molar-refractivity contribution in [3.05, 3.63) is 17.0 Å². The Balaban J connectivity index is 2.81. The summed E-state index contributed by atoms with van der Waals surface area (Å²) in [4.78, 5) is 8.28. The van der Waals surface area contributed by atoms with Crippen LogP contribution in [-0.2, 0) is 6.42 Å². The van der Waals surface area contributed by atoms with Crippen molar-refractivity contribution in [3.8, 4) is 5.88 Å². The number of nitrogens with zero attached hydrogens (tertiary/aromatic N) is 2. The Morgan fingerprint density at radius 2 is 2.14 bits per heavy atom. The van der Waals surface area contributed by atoms with Crippen molar-refractivity contribution in [1.29, 1.82) is 0 Å². The highest BCUT2D eigenvalue weighted by Crippen LogP contribution is 2.15. The van der Waals surface area contributed by atoms with Crippen LogP contribution in [0.15, 0.2) is 6.07 Å². The molecule has 4 heteroatoms. The zero-order valence-corrected chi connectivity index (χ0v) is 9.51. The average Bonchev–Trinajstić information content (AvgIpc) is 2.16. The minimum atomic E-state index is 0.158. The first-order chi connectivity index (χ1) is 6.65. The second-order valence-corrected chi connectivity index (χ2v) is 3.52. The fourth-order valence-electron chi connectivity index (χ4n) is 0.950. The summed E-state index contributed by atoms with van der Waals surface area (Å²) in [5, 5.41) is 0.440. The summed E-state index contributed by atoms with van der Waals surface area (Å²) < 4.78 is 5.55. The van der Waals surface area contributed by atoms with Gasteiger partial charge in [-0.25, -0.2) is 4.98 Å². The molecule has 1 atom stereocenters. The van der Waals surface area contributed by atoms with Crippen molar-refractivity contribution >= 4 is 11.6 Å². The van der Waals surface area contributed by atoms with Gasteiger partial charge < -0.3 is 4.74 Å². The number of ether oxygens (including phenoxy) is 1. The lowest BCUT2D eigenvalue weighted by Gasteiger charge is -2.11. The topological polar surface area (TPSA) is 35.0 Å². The number of hydrogen-bond acceptors (Lipinski definition) is 3. The van der Waals surface area contributed by atoms with Gasteiger partial charge in [-0.05, 0) is 13.3 Å². The minimum absolute atomic E-state index is 0.158. The van der Waals surface area contributed by atoms with E-state index in [1.54, 1.807) is 6.07 Å². The van der Waals surface area contributed by atoms with E-state index in [1.807, 2.05) is 13.8 Å². The van der Waals surface area contributed by atoms with Crippen LogP contribution in [0.25, 0.3) is 0 Å². The Kier molecular flexibility index (Phi) is 4.14. The molecular formula is C10H15ClN2O. The molecule has 0 aliphatic heterocycles. The molecule has 1 unspecified atom stereocenters. The molecule has 1 rings (SSSR count). The third-order valence-corrected chi connectivity index (χ3v) is 2.12. The lowest BCUT2D eigenvalue weighted by molar-refractivity contribution is 0.207. The Morgan fingerprint density at radius 3 is 2.71 bits per heavy atom. The summed E-state index contributed by atoms with van der Waals surface area (Å²) in [6.07, 6.45) is 1.87. The molecule has 1 heterocycles.